The summed E-state index contributed by atoms with van der Waals surface area (Å²) in [5, 5.41) is 3.01. The van der Waals surface area contributed by atoms with Gasteiger partial charge in [-0.2, -0.15) is 0 Å². The lowest BCUT2D eigenvalue weighted by atomic mass is 10.1. The molecule has 1 fully saturated rings. The van der Waals surface area contributed by atoms with E-state index in [1.54, 1.807) is 29.3 Å². The summed E-state index contributed by atoms with van der Waals surface area (Å²) in [5.74, 6) is -1.04. The number of nitrogen functional groups attached to an aromatic ring is 1. The molecule has 1 saturated heterocycles. The zero-order chi connectivity index (χ0) is 27.8. The molecule has 1 aliphatic rings. The molecule has 3 heterocycles. The number of nitrogens with one attached hydrogen (secondary N) is 1. The van der Waals surface area contributed by atoms with Crippen LogP contribution in [0, 0.1) is 0 Å². The van der Waals surface area contributed by atoms with Crippen LogP contribution in [0.3, 0.4) is 0 Å². The Balaban J connectivity index is 1.62. The largest absolute Gasteiger partial charge is 0.444 e. The normalized spacial score (nSPS) is 15.4. The van der Waals surface area contributed by atoms with Crippen LogP contribution in [-0.4, -0.2) is 43.6 Å². The topological polar surface area (TPSA) is 132 Å². The standard InChI is InChI=1S/C25H25BrCl2N6O4/c1-25(2,3)38-24(37)33-6-4-5-18(33)13-7-15(11-30-10-13)32-22(35)19-21(29)31-12-34(23(19)36)20-16(27)8-14(26)9-17(20)28/h7-12,18H,4-6,29H2,1-3H3,(H,32,35)/t18-/m0/s1. The Labute approximate surface area is 237 Å². The van der Waals surface area contributed by atoms with E-state index in [1.165, 1.54) is 6.20 Å². The number of anilines is 2. The molecule has 1 atom stereocenters. The predicted molar refractivity (Wildman–Crippen MR) is 149 cm³/mol. The SMILES string of the molecule is CC(C)(C)OC(=O)N1CCC[C@H]1c1cncc(NC(=O)c2c(N)ncn(-c3c(Cl)cc(Br)cc3Cl)c2=O)c1. The fraction of sp³-hybridized carbons (Fsp3) is 0.320. The summed E-state index contributed by atoms with van der Waals surface area (Å²) < 4.78 is 7.22. The summed E-state index contributed by atoms with van der Waals surface area (Å²) in [6, 6.07) is 4.56. The van der Waals surface area contributed by atoms with Crippen LogP contribution >= 0.6 is 39.1 Å². The van der Waals surface area contributed by atoms with Crippen molar-refractivity contribution in [2.24, 2.45) is 0 Å². The van der Waals surface area contributed by atoms with Gasteiger partial charge in [0, 0.05) is 17.2 Å². The highest BCUT2D eigenvalue weighted by atomic mass is 79.9. The van der Waals surface area contributed by atoms with Crippen molar-refractivity contribution in [3.05, 3.63) is 72.9 Å². The number of likely N-dealkylation sites (tertiary alicyclic amines) is 1. The summed E-state index contributed by atoms with van der Waals surface area (Å²) in [5.41, 5.74) is 5.36. The smallest absolute Gasteiger partial charge is 0.410 e. The van der Waals surface area contributed by atoms with Gasteiger partial charge in [-0.3, -0.25) is 19.1 Å². The van der Waals surface area contributed by atoms with Gasteiger partial charge in [0.1, 0.15) is 23.3 Å². The number of pyridine rings is 1. The van der Waals surface area contributed by atoms with Crippen molar-refractivity contribution in [3.8, 4) is 5.69 Å². The van der Waals surface area contributed by atoms with E-state index in [4.69, 9.17) is 33.7 Å². The Morgan fingerprint density at radius 3 is 2.53 bits per heavy atom. The Morgan fingerprint density at radius 2 is 1.87 bits per heavy atom. The minimum Gasteiger partial charge on any atom is -0.444 e. The summed E-state index contributed by atoms with van der Waals surface area (Å²) in [6.07, 6.45) is 5.32. The first-order valence-electron chi connectivity index (χ1n) is 11.6. The molecule has 0 aliphatic carbocycles. The van der Waals surface area contributed by atoms with E-state index in [-0.39, 0.29) is 33.2 Å². The highest BCUT2D eigenvalue weighted by molar-refractivity contribution is 9.10. The van der Waals surface area contributed by atoms with Gasteiger partial charge in [0.15, 0.2) is 0 Å². The monoisotopic (exact) mass is 622 g/mol. The second-order valence-corrected chi connectivity index (χ2v) is 11.4. The maximum Gasteiger partial charge on any atom is 0.410 e. The molecule has 3 aromatic rings. The van der Waals surface area contributed by atoms with Gasteiger partial charge in [0.25, 0.3) is 11.5 Å². The molecular formula is C25H25BrCl2N6O4. The van der Waals surface area contributed by atoms with Gasteiger partial charge < -0.3 is 20.7 Å². The second-order valence-electron chi connectivity index (χ2n) is 9.69. The van der Waals surface area contributed by atoms with Gasteiger partial charge in [-0.1, -0.05) is 39.1 Å². The number of amides is 2. The average molecular weight is 624 g/mol. The maximum atomic E-state index is 13.3. The van der Waals surface area contributed by atoms with E-state index in [0.29, 0.717) is 23.1 Å². The molecule has 0 bridgehead atoms. The number of ether oxygens (including phenoxy) is 1. The van der Waals surface area contributed by atoms with E-state index in [2.05, 4.69) is 31.2 Å². The molecule has 200 valence electrons. The number of hydrogen-bond acceptors (Lipinski definition) is 7. The van der Waals surface area contributed by atoms with Crippen LogP contribution in [0.15, 0.2) is 46.2 Å². The third kappa shape index (κ3) is 5.95. The zero-order valence-corrected chi connectivity index (χ0v) is 23.9. The Kier molecular flexibility index (Phi) is 8.01. The summed E-state index contributed by atoms with van der Waals surface area (Å²) in [6.45, 7) is 5.97. The molecule has 0 radical (unpaired) electrons. The second kappa shape index (κ2) is 10.9. The number of halogens is 3. The number of aromatic nitrogens is 3. The molecule has 2 aromatic heterocycles. The number of rotatable bonds is 4. The lowest BCUT2D eigenvalue weighted by Gasteiger charge is -2.28. The van der Waals surface area contributed by atoms with Crippen LogP contribution in [0.5, 0.6) is 0 Å². The first kappa shape index (κ1) is 27.9. The molecule has 0 spiro atoms. The predicted octanol–water partition coefficient (Wildman–Crippen LogP) is 5.60. The van der Waals surface area contributed by atoms with Crippen molar-refractivity contribution in [3.63, 3.8) is 0 Å². The van der Waals surface area contributed by atoms with E-state index >= 15 is 0 Å². The minimum atomic E-state index is -0.784. The molecular weight excluding hydrogens is 599 g/mol. The van der Waals surface area contributed by atoms with Crippen molar-refractivity contribution < 1.29 is 14.3 Å². The molecule has 2 amide bonds. The molecule has 4 rings (SSSR count). The quantitative estimate of drug-likeness (QED) is 0.386. The fourth-order valence-electron chi connectivity index (χ4n) is 4.16. The van der Waals surface area contributed by atoms with Crippen molar-refractivity contribution >= 4 is 62.6 Å². The number of carbonyl (C=O) groups is 2. The van der Waals surface area contributed by atoms with Gasteiger partial charge in [-0.05, 0) is 57.4 Å². The highest BCUT2D eigenvalue weighted by Gasteiger charge is 2.33. The summed E-state index contributed by atoms with van der Waals surface area (Å²) >= 11 is 15.9. The lowest BCUT2D eigenvalue weighted by molar-refractivity contribution is 0.0224. The highest BCUT2D eigenvalue weighted by Crippen LogP contribution is 2.34. The van der Waals surface area contributed by atoms with Gasteiger partial charge >= 0.3 is 6.09 Å². The van der Waals surface area contributed by atoms with Crippen LogP contribution < -0.4 is 16.6 Å². The summed E-state index contributed by atoms with van der Waals surface area (Å²) in [4.78, 5) is 49.1. The average Bonchev–Trinajstić information content (AvgIpc) is 3.29. The van der Waals surface area contributed by atoms with E-state index in [9.17, 15) is 14.4 Å². The van der Waals surface area contributed by atoms with Crippen LogP contribution in [0.25, 0.3) is 5.69 Å². The van der Waals surface area contributed by atoms with Crippen molar-refractivity contribution in [1.29, 1.82) is 0 Å². The molecule has 1 aliphatic heterocycles. The minimum absolute atomic E-state index is 0.162. The molecule has 1 aromatic carbocycles. The van der Waals surface area contributed by atoms with Crippen LogP contribution in [-0.2, 0) is 4.74 Å². The van der Waals surface area contributed by atoms with Gasteiger partial charge in [0.2, 0.25) is 0 Å². The number of nitrogens with zero attached hydrogens (tertiary/aromatic N) is 4. The van der Waals surface area contributed by atoms with E-state index in [1.807, 2.05) is 20.8 Å². The lowest BCUT2D eigenvalue weighted by Crippen LogP contribution is -2.36. The maximum absolute atomic E-state index is 13.3. The van der Waals surface area contributed by atoms with Crippen molar-refractivity contribution in [2.75, 3.05) is 17.6 Å². The Hall–Kier alpha value is -3.15. The fourth-order valence-corrected chi connectivity index (χ4v) is 5.55. The number of benzene rings is 1. The molecule has 0 unspecified atom stereocenters. The Bertz CT molecular complexity index is 1450. The molecule has 0 saturated carbocycles. The van der Waals surface area contributed by atoms with Crippen molar-refractivity contribution in [2.45, 2.75) is 45.3 Å². The van der Waals surface area contributed by atoms with Gasteiger partial charge in [-0.15, -0.1) is 0 Å². The number of nitrogens with two attached hydrogens (primary N) is 1. The van der Waals surface area contributed by atoms with Gasteiger partial charge in [-0.25, -0.2) is 9.78 Å². The van der Waals surface area contributed by atoms with Crippen LogP contribution in [0.2, 0.25) is 10.0 Å². The molecule has 3 N–H and O–H groups in total. The summed E-state index contributed by atoms with van der Waals surface area (Å²) in [7, 11) is 0. The zero-order valence-electron chi connectivity index (χ0n) is 20.8. The van der Waals surface area contributed by atoms with Crippen molar-refractivity contribution in [1.82, 2.24) is 19.4 Å². The van der Waals surface area contributed by atoms with E-state index < -0.39 is 23.2 Å². The third-order valence-electron chi connectivity index (χ3n) is 5.73. The van der Waals surface area contributed by atoms with Crippen LogP contribution in [0.1, 0.15) is 55.6 Å². The Morgan fingerprint density at radius 1 is 1.18 bits per heavy atom. The number of hydrogen-bond donors (Lipinski definition) is 2. The van der Waals surface area contributed by atoms with E-state index in [0.717, 1.165) is 22.9 Å². The first-order valence-corrected chi connectivity index (χ1v) is 13.2. The molecule has 38 heavy (non-hydrogen) atoms. The number of carbonyl (C=O) groups excluding carboxylic acids is 2. The first-order chi connectivity index (χ1) is 17.9. The van der Waals surface area contributed by atoms with Crippen LogP contribution in [0.4, 0.5) is 16.3 Å². The molecule has 13 heteroatoms. The third-order valence-corrected chi connectivity index (χ3v) is 6.77. The van der Waals surface area contributed by atoms with Gasteiger partial charge in [0.05, 0.1) is 33.7 Å². The molecule has 10 nitrogen and oxygen atoms in total.